The fraction of sp³-hybridized carbons (Fsp3) is 0.333. The van der Waals surface area contributed by atoms with Crippen molar-refractivity contribution < 1.29 is 18.4 Å². The van der Waals surface area contributed by atoms with Gasteiger partial charge in [-0.25, -0.2) is 9.37 Å². The predicted molar refractivity (Wildman–Crippen MR) is 108 cm³/mol. The van der Waals surface area contributed by atoms with Crippen LogP contribution in [0.4, 0.5) is 4.39 Å². The third-order valence-corrected chi connectivity index (χ3v) is 5.20. The molecular formula is C21H20ClFN4O3. The van der Waals surface area contributed by atoms with Crippen molar-refractivity contribution in [3.05, 3.63) is 58.8 Å². The normalized spacial score (nSPS) is 16.5. The molecule has 0 spiro atoms. The Bertz CT molecular complexity index is 1060. The lowest BCUT2D eigenvalue weighted by Crippen LogP contribution is -2.39. The maximum absolute atomic E-state index is 13.5. The zero-order chi connectivity index (χ0) is 21.1. The zero-order valence-electron chi connectivity index (χ0n) is 16.3. The molecule has 1 aliphatic rings. The average molecular weight is 431 g/mol. The van der Waals surface area contributed by atoms with Gasteiger partial charge in [-0.05, 0) is 38.0 Å². The van der Waals surface area contributed by atoms with E-state index in [-0.39, 0.29) is 28.4 Å². The molecule has 1 amide bonds. The molecule has 0 bridgehead atoms. The van der Waals surface area contributed by atoms with Crippen molar-refractivity contribution in [2.45, 2.75) is 25.7 Å². The molecule has 0 aliphatic carbocycles. The second-order valence-corrected chi connectivity index (χ2v) is 7.38. The Morgan fingerprint density at radius 2 is 2.20 bits per heavy atom. The summed E-state index contributed by atoms with van der Waals surface area (Å²) in [5.74, 6) is 0.348. The summed E-state index contributed by atoms with van der Waals surface area (Å²) in [7, 11) is 0. The second-order valence-electron chi connectivity index (χ2n) is 6.97. The molecular weight excluding hydrogens is 411 g/mol. The van der Waals surface area contributed by atoms with Crippen LogP contribution in [0.25, 0.3) is 11.4 Å². The molecule has 0 N–H and O–H groups in total. The first-order valence-corrected chi connectivity index (χ1v) is 10.1. The Hall–Kier alpha value is -3.00. The van der Waals surface area contributed by atoms with Gasteiger partial charge in [0.1, 0.15) is 5.82 Å². The number of rotatable bonds is 5. The van der Waals surface area contributed by atoms with Gasteiger partial charge in [-0.2, -0.15) is 4.98 Å². The lowest BCUT2D eigenvalue weighted by molar-refractivity contribution is 0.0688. The van der Waals surface area contributed by atoms with E-state index < -0.39 is 0 Å². The van der Waals surface area contributed by atoms with Crippen LogP contribution in [0.3, 0.4) is 0 Å². The average Bonchev–Trinajstić information content (AvgIpc) is 3.25. The van der Waals surface area contributed by atoms with Gasteiger partial charge in [0.05, 0.1) is 17.5 Å². The van der Waals surface area contributed by atoms with Crippen molar-refractivity contribution >= 4 is 17.5 Å². The summed E-state index contributed by atoms with van der Waals surface area (Å²) in [6, 6.07) is 9.26. The molecule has 4 rings (SSSR count). The number of halogens is 2. The molecule has 1 atom stereocenters. The summed E-state index contributed by atoms with van der Waals surface area (Å²) in [5, 5.41) is 4.25. The van der Waals surface area contributed by atoms with Crippen LogP contribution in [0, 0.1) is 5.82 Å². The second kappa shape index (κ2) is 8.79. The fourth-order valence-corrected chi connectivity index (χ4v) is 3.65. The molecule has 156 valence electrons. The first-order valence-electron chi connectivity index (χ1n) is 9.73. The minimum atomic E-state index is -0.369. The maximum atomic E-state index is 13.5. The minimum Gasteiger partial charge on any atom is -0.478 e. The number of hydrogen-bond acceptors (Lipinski definition) is 6. The molecule has 30 heavy (non-hydrogen) atoms. The lowest BCUT2D eigenvalue weighted by atomic mass is 9.97. The van der Waals surface area contributed by atoms with E-state index in [9.17, 15) is 9.18 Å². The van der Waals surface area contributed by atoms with Crippen molar-refractivity contribution in [3.8, 4) is 17.3 Å². The summed E-state index contributed by atoms with van der Waals surface area (Å²) < 4.78 is 24.3. The highest BCUT2D eigenvalue weighted by atomic mass is 35.5. The van der Waals surface area contributed by atoms with Crippen LogP contribution in [0.5, 0.6) is 5.88 Å². The van der Waals surface area contributed by atoms with Gasteiger partial charge in [0.25, 0.3) is 5.91 Å². The molecule has 2 aromatic heterocycles. The number of hydrogen-bond donors (Lipinski definition) is 0. The van der Waals surface area contributed by atoms with E-state index in [1.807, 2.05) is 6.92 Å². The first kappa shape index (κ1) is 20.3. The van der Waals surface area contributed by atoms with Gasteiger partial charge >= 0.3 is 0 Å². The van der Waals surface area contributed by atoms with E-state index >= 15 is 0 Å². The van der Waals surface area contributed by atoms with Crippen LogP contribution in [0.1, 0.15) is 42.1 Å². The Morgan fingerprint density at radius 3 is 3.00 bits per heavy atom. The van der Waals surface area contributed by atoms with Gasteiger partial charge < -0.3 is 14.2 Å². The number of nitrogens with zero attached hydrogens (tertiary/aromatic N) is 4. The van der Waals surface area contributed by atoms with Gasteiger partial charge in [-0.3, -0.25) is 4.79 Å². The largest absolute Gasteiger partial charge is 0.478 e. The quantitative estimate of drug-likeness (QED) is 0.598. The highest BCUT2D eigenvalue weighted by Crippen LogP contribution is 2.29. The molecule has 3 aromatic rings. The SMILES string of the molecule is CCOc1ccc(Cl)c(C(=O)N2CCCC(c3nc(-c4cccc(F)c4)no3)C2)n1. The Balaban J connectivity index is 1.51. The molecule has 3 heterocycles. The summed E-state index contributed by atoms with van der Waals surface area (Å²) in [4.78, 5) is 23.4. The molecule has 9 heteroatoms. The molecule has 1 fully saturated rings. The topological polar surface area (TPSA) is 81.4 Å². The van der Waals surface area contributed by atoms with Crippen molar-refractivity contribution in [2.75, 3.05) is 19.7 Å². The summed E-state index contributed by atoms with van der Waals surface area (Å²) in [5.41, 5.74) is 0.701. The first-order chi connectivity index (χ1) is 14.5. The maximum Gasteiger partial charge on any atom is 0.274 e. The number of carbonyl (C=O) groups is 1. The van der Waals surface area contributed by atoms with Gasteiger partial charge in [0, 0.05) is 24.7 Å². The minimum absolute atomic E-state index is 0.119. The van der Waals surface area contributed by atoms with Crippen molar-refractivity contribution in [1.29, 1.82) is 0 Å². The van der Waals surface area contributed by atoms with E-state index in [1.165, 1.54) is 12.1 Å². The number of benzene rings is 1. The smallest absolute Gasteiger partial charge is 0.274 e. The number of pyridine rings is 1. The Morgan fingerprint density at radius 1 is 1.33 bits per heavy atom. The van der Waals surface area contributed by atoms with E-state index in [0.29, 0.717) is 42.9 Å². The van der Waals surface area contributed by atoms with Crippen molar-refractivity contribution in [3.63, 3.8) is 0 Å². The van der Waals surface area contributed by atoms with Gasteiger partial charge in [0.2, 0.25) is 17.6 Å². The number of piperidine rings is 1. The monoisotopic (exact) mass is 430 g/mol. The highest BCUT2D eigenvalue weighted by molar-refractivity contribution is 6.33. The van der Waals surface area contributed by atoms with Crippen LogP contribution in [-0.4, -0.2) is 45.6 Å². The summed E-state index contributed by atoms with van der Waals surface area (Å²) >= 11 is 6.21. The van der Waals surface area contributed by atoms with E-state index in [0.717, 1.165) is 12.8 Å². The van der Waals surface area contributed by atoms with Gasteiger partial charge in [-0.15, -0.1) is 0 Å². The molecule has 1 saturated heterocycles. The van der Waals surface area contributed by atoms with Crippen LogP contribution < -0.4 is 4.74 Å². The standard InChI is InChI=1S/C21H20ClFN4O3/c1-2-29-17-9-8-16(22)18(24-17)21(28)27-10-4-6-14(12-27)20-25-19(26-30-20)13-5-3-7-15(23)11-13/h3,5,7-9,11,14H,2,4,6,10,12H2,1H3. The fourth-order valence-electron chi connectivity index (χ4n) is 3.46. The van der Waals surface area contributed by atoms with Gasteiger partial charge in [0.15, 0.2) is 5.69 Å². The molecule has 1 unspecified atom stereocenters. The number of ether oxygens (including phenoxy) is 1. The van der Waals surface area contributed by atoms with Gasteiger partial charge in [-0.1, -0.05) is 28.9 Å². The Labute approximate surface area is 177 Å². The number of amides is 1. The highest BCUT2D eigenvalue weighted by Gasteiger charge is 2.30. The van der Waals surface area contributed by atoms with Crippen LogP contribution in [0.2, 0.25) is 5.02 Å². The predicted octanol–water partition coefficient (Wildman–Crippen LogP) is 4.34. The molecule has 0 radical (unpaired) electrons. The van der Waals surface area contributed by atoms with Crippen molar-refractivity contribution in [1.82, 2.24) is 20.0 Å². The lowest BCUT2D eigenvalue weighted by Gasteiger charge is -2.31. The van der Waals surface area contributed by atoms with E-state index in [4.69, 9.17) is 20.9 Å². The van der Waals surface area contributed by atoms with Crippen LogP contribution in [-0.2, 0) is 0 Å². The van der Waals surface area contributed by atoms with Crippen LogP contribution in [0.15, 0.2) is 40.9 Å². The third kappa shape index (κ3) is 4.28. The summed E-state index contributed by atoms with van der Waals surface area (Å²) in [6.07, 6.45) is 1.57. The molecule has 1 aromatic carbocycles. The molecule has 0 saturated carbocycles. The molecule has 7 nitrogen and oxygen atoms in total. The van der Waals surface area contributed by atoms with E-state index in [1.54, 1.807) is 29.2 Å². The van der Waals surface area contributed by atoms with Crippen molar-refractivity contribution in [2.24, 2.45) is 0 Å². The zero-order valence-corrected chi connectivity index (χ0v) is 17.1. The number of likely N-dealkylation sites (tertiary alicyclic amines) is 1. The third-order valence-electron chi connectivity index (χ3n) is 4.90. The van der Waals surface area contributed by atoms with Crippen LogP contribution >= 0.6 is 11.6 Å². The number of aromatic nitrogens is 3. The van der Waals surface area contributed by atoms with E-state index in [2.05, 4.69) is 15.1 Å². The molecule has 1 aliphatic heterocycles. The Kier molecular flexibility index (Phi) is 5.94. The summed E-state index contributed by atoms with van der Waals surface area (Å²) in [6.45, 7) is 3.27. The number of carbonyl (C=O) groups excluding carboxylic acids is 1.